The van der Waals surface area contributed by atoms with Crippen molar-refractivity contribution in [3.63, 3.8) is 0 Å². The van der Waals surface area contributed by atoms with Gasteiger partial charge in [-0.15, -0.1) is 69.1 Å². The Bertz CT molecular complexity index is 2520. The molecule has 0 radical (unpaired) electrons. The van der Waals surface area contributed by atoms with Gasteiger partial charge in [0.15, 0.2) is 0 Å². The Labute approximate surface area is 400 Å². The van der Waals surface area contributed by atoms with Gasteiger partial charge in [0.05, 0.1) is 0 Å². The molecule has 8 aromatic carbocycles. The van der Waals surface area contributed by atoms with Crippen molar-refractivity contribution in [3.8, 4) is 22.3 Å². The van der Waals surface area contributed by atoms with Gasteiger partial charge in [0.1, 0.15) is 0 Å². The van der Waals surface area contributed by atoms with Crippen molar-refractivity contribution in [2.75, 3.05) is 0 Å². The molecule has 2 saturated carbocycles. The SMILES string of the molecule is CCCC1(Cc2cc3c(-c4ccc5ccccc5c4)cccc3[cH-]2)CCCC1.CCCC1(Cc2cc3c(-c4ccc5ccccc5c4)cccc3[cH-]2)CCCC1.C[Si](C)=[Zr+2].[Cl-].[Cl-]. The van der Waals surface area contributed by atoms with Gasteiger partial charge < -0.3 is 24.8 Å². The van der Waals surface area contributed by atoms with Crippen molar-refractivity contribution in [1.82, 2.24) is 0 Å². The van der Waals surface area contributed by atoms with Crippen LogP contribution in [-0.2, 0) is 36.2 Å². The zero-order valence-corrected chi connectivity index (χ0v) is 42.5. The Hall–Kier alpha value is -3.26. The number of fused-ring (bicyclic) bond motifs is 4. The van der Waals surface area contributed by atoms with Crippen LogP contribution in [0.5, 0.6) is 0 Å². The van der Waals surface area contributed by atoms with E-state index in [9.17, 15) is 0 Å². The van der Waals surface area contributed by atoms with Crippen molar-refractivity contribution in [3.05, 3.63) is 157 Å². The minimum atomic E-state index is 0. The maximum atomic E-state index is 2.48. The minimum absolute atomic E-state index is 0. The maximum Gasteiger partial charge on any atom is -1.00 e. The van der Waals surface area contributed by atoms with Crippen molar-refractivity contribution < 1.29 is 48.1 Å². The summed E-state index contributed by atoms with van der Waals surface area (Å²) in [4.78, 5) is 0. The van der Waals surface area contributed by atoms with Crippen LogP contribution in [0.3, 0.4) is 0 Å². The third kappa shape index (κ3) is 11.3. The quantitative estimate of drug-likeness (QED) is 0.0947. The molecule has 0 bridgehead atoms. The summed E-state index contributed by atoms with van der Waals surface area (Å²) < 4.78 is 0. The predicted octanol–water partition coefficient (Wildman–Crippen LogP) is 11.4. The fourth-order valence-corrected chi connectivity index (χ4v) is 11.2. The van der Waals surface area contributed by atoms with Crippen molar-refractivity contribution >= 4 is 48.5 Å². The predicted molar refractivity (Wildman–Crippen MR) is 261 cm³/mol. The van der Waals surface area contributed by atoms with Crippen LogP contribution in [0.4, 0.5) is 0 Å². The molecule has 0 saturated heterocycles. The second-order valence-corrected chi connectivity index (χ2v) is 28.1. The first-order valence-electron chi connectivity index (χ1n) is 23.1. The first-order valence-corrected chi connectivity index (χ1v) is 29.3. The van der Waals surface area contributed by atoms with E-state index in [1.807, 2.05) is 0 Å². The molecule has 8 aromatic rings. The van der Waals surface area contributed by atoms with E-state index in [-0.39, 0.29) is 30.2 Å². The molecule has 0 unspecified atom stereocenters. The molecule has 0 heterocycles. The Balaban J connectivity index is 0.000000185. The van der Waals surface area contributed by atoms with Crippen LogP contribution in [0.25, 0.3) is 65.3 Å². The van der Waals surface area contributed by atoms with Crippen molar-refractivity contribution in [2.45, 2.75) is 117 Å². The Morgan fingerprint density at radius 3 is 1.23 bits per heavy atom. The first kappa shape index (κ1) is 48.2. The molecule has 2 aliphatic rings. The summed E-state index contributed by atoms with van der Waals surface area (Å²) >= 11 is 1.74. The summed E-state index contributed by atoms with van der Waals surface area (Å²) in [6.45, 7) is 9.31. The molecule has 0 aromatic heterocycles. The maximum absolute atomic E-state index is 2.48. The standard InChI is InChI=1S/2C28H29.C2H6Si.2ClH.Zr/c2*1-2-14-28(15-5-6-16-28)20-21-17-24-10-7-11-26(27(24)18-21)25-13-12-22-8-3-4-9-23(22)19-25;1-3-2;;;/h2*3-4,7-13,17-19H,2,5-6,14-16,20H2,1H3;1-2H3;2*1H;/q2*-1;;;;+2/p-2. The molecule has 0 atom stereocenters. The third-order valence-electron chi connectivity index (χ3n) is 13.8. The van der Waals surface area contributed by atoms with Gasteiger partial charge in [0.2, 0.25) is 0 Å². The Morgan fingerprint density at radius 1 is 0.484 bits per heavy atom. The normalized spacial score (nSPS) is 15.1. The second kappa shape index (κ2) is 22.1. The zero-order valence-electron chi connectivity index (χ0n) is 37.5. The van der Waals surface area contributed by atoms with Crippen molar-refractivity contribution in [2.24, 2.45) is 10.8 Å². The third-order valence-corrected chi connectivity index (χ3v) is 13.8. The van der Waals surface area contributed by atoms with Crippen molar-refractivity contribution in [1.29, 1.82) is 0 Å². The van der Waals surface area contributed by atoms with E-state index >= 15 is 0 Å². The molecule has 2 fully saturated rings. The molecule has 0 aliphatic heterocycles. The van der Waals surface area contributed by atoms with E-state index in [0.717, 1.165) is 0 Å². The number of benzene rings is 6. The summed E-state index contributed by atoms with van der Waals surface area (Å²) in [5.74, 6) is 0. The van der Waals surface area contributed by atoms with Gasteiger partial charge in [-0.3, -0.25) is 0 Å². The number of halogens is 2. The zero-order chi connectivity index (χ0) is 41.5. The average Bonchev–Trinajstić information content (AvgIpc) is 4.08. The first-order chi connectivity index (χ1) is 29.3. The molecule has 2 aliphatic carbocycles. The minimum Gasteiger partial charge on any atom is -1.00 e. The molecule has 10 rings (SSSR count). The largest absolute Gasteiger partial charge is 1.00 e. The van der Waals surface area contributed by atoms with Crippen LogP contribution in [0.2, 0.25) is 13.1 Å². The summed E-state index contributed by atoms with van der Waals surface area (Å²) in [5.41, 5.74) is 9.79. The Morgan fingerprint density at radius 2 is 0.855 bits per heavy atom. The molecule has 0 nitrogen and oxygen atoms in total. The van der Waals surface area contributed by atoms with Gasteiger partial charge in [-0.25, -0.2) is 0 Å². The second-order valence-electron chi connectivity index (χ2n) is 18.7. The monoisotopic (exact) mass is 948 g/mol. The van der Waals surface area contributed by atoms with Crippen LogP contribution < -0.4 is 24.8 Å². The van der Waals surface area contributed by atoms with Gasteiger partial charge in [0.25, 0.3) is 0 Å². The summed E-state index contributed by atoms with van der Waals surface area (Å²) in [7, 11) is 0. The van der Waals surface area contributed by atoms with Crippen LogP contribution in [0, 0.1) is 10.8 Å². The molecule has 320 valence electrons. The van der Waals surface area contributed by atoms with Gasteiger partial charge in [-0.2, -0.15) is 12.1 Å². The molecular formula is C58H64Cl2SiZr-2. The van der Waals surface area contributed by atoms with E-state index in [1.54, 1.807) is 34.5 Å². The molecule has 0 N–H and O–H groups in total. The number of hydrogen-bond acceptors (Lipinski definition) is 0. The van der Waals surface area contributed by atoms with Gasteiger partial charge in [0, 0.05) is 0 Å². The molecular weight excluding hydrogens is 887 g/mol. The van der Waals surface area contributed by atoms with E-state index in [1.165, 1.54) is 155 Å². The molecule has 62 heavy (non-hydrogen) atoms. The fraction of sp³-hybridized carbons (Fsp3) is 0.345. The number of rotatable bonds is 10. The van der Waals surface area contributed by atoms with E-state index in [2.05, 4.69) is 173 Å². The summed E-state index contributed by atoms with van der Waals surface area (Å²) in [6.07, 6.45) is 19.2. The smallest absolute Gasteiger partial charge is 1.00 e. The summed E-state index contributed by atoms with van der Waals surface area (Å²) in [6, 6.07) is 54.5. The van der Waals surface area contributed by atoms with Crippen LogP contribution in [0.15, 0.2) is 146 Å². The number of hydrogen-bond donors (Lipinski definition) is 0. The van der Waals surface area contributed by atoms with Crippen LogP contribution in [-0.4, -0.2) is 5.43 Å². The Kier molecular flexibility index (Phi) is 17.2. The topological polar surface area (TPSA) is 0 Å². The molecule has 4 heteroatoms. The fourth-order valence-electron chi connectivity index (χ4n) is 11.2. The van der Waals surface area contributed by atoms with E-state index in [0.29, 0.717) is 10.8 Å². The summed E-state index contributed by atoms with van der Waals surface area (Å²) in [5, 5.41) is 10.9. The van der Waals surface area contributed by atoms with Gasteiger partial charge in [-0.1, -0.05) is 148 Å². The van der Waals surface area contributed by atoms with E-state index in [4.69, 9.17) is 0 Å². The van der Waals surface area contributed by atoms with E-state index < -0.39 is 0 Å². The van der Waals surface area contributed by atoms with Crippen LogP contribution in [0.1, 0.15) is 102 Å². The molecule has 0 amide bonds. The average molecular weight is 951 g/mol. The van der Waals surface area contributed by atoms with Crippen LogP contribution >= 0.6 is 0 Å². The molecule has 0 spiro atoms. The van der Waals surface area contributed by atoms with Gasteiger partial charge >= 0.3 is 41.9 Å². The van der Waals surface area contributed by atoms with Gasteiger partial charge in [-0.05, 0) is 107 Å².